The molecule has 0 aliphatic heterocycles. The van der Waals surface area contributed by atoms with Crippen molar-refractivity contribution in [1.82, 2.24) is 5.32 Å². The molecule has 0 bridgehead atoms. The van der Waals surface area contributed by atoms with Gasteiger partial charge in [0.25, 0.3) is 0 Å². The van der Waals surface area contributed by atoms with E-state index >= 15 is 0 Å². The first-order chi connectivity index (χ1) is 6.99. The van der Waals surface area contributed by atoms with Gasteiger partial charge in [0.05, 0.1) is 12.1 Å². The van der Waals surface area contributed by atoms with E-state index in [0.717, 1.165) is 0 Å². The van der Waals surface area contributed by atoms with Gasteiger partial charge in [0.1, 0.15) is 0 Å². The predicted molar refractivity (Wildman–Crippen MR) is 67.4 cm³/mol. The normalized spacial score (nSPS) is 17.0. The number of ketones is 1. The van der Waals surface area contributed by atoms with E-state index in [9.17, 15) is 9.90 Å². The highest BCUT2D eigenvalue weighted by Crippen LogP contribution is 2.20. The predicted octanol–water partition coefficient (Wildman–Crippen LogP) is 2.13. The number of rotatable bonds is 4. The highest BCUT2D eigenvalue weighted by Gasteiger charge is 2.35. The minimum absolute atomic E-state index is 0.0665. The summed E-state index contributed by atoms with van der Waals surface area (Å²) in [7, 11) is 0. The zero-order valence-electron chi connectivity index (χ0n) is 11.7. The Hall–Kier alpha value is -0.410. The minimum atomic E-state index is -0.619. The molecule has 0 aromatic heterocycles. The standard InChI is InChI=1S/C13H27NO2/c1-8-9(15)10(14-13(5,6)7)11(16)12(2,3)4/h9-10,14-15H,8H2,1-7H3. The summed E-state index contributed by atoms with van der Waals surface area (Å²) in [5.74, 6) is 0.0665. The summed E-state index contributed by atoms with van der Waals surface area (Å²) in [4.78, 5) is 12.2. The fourth-order valence-corrected chi connectivity index (χ4v) is 1.51. The van der Waals surface area contributed by atoms with E-state index in [4.69, 9.17) is 0 Å². The molecule has 0 aliphatic rings. The third-order valence-corrected chi connectivity index (χ3v) is 2.41. The van der Waals surface area contributed by atoms with Crippen LogP contribution in [0.25, 0.3) is 0 Å². The van der Waals surface area contributed by atoms with Crippen LogP contribution in [0.15, 0.2) is 0 Å². The molecular formula is C13H27NO2. The number of hydrogen-bond acceptors (Lipinski definition) is 3. The molecule has 0 aliphatic carbocycles. The maximum absolute atomic E-state index is 12.2. The first kappa shape index (κ1) is 15.6. The highest BCUT2D eigenvalue weighted by molar-refractivity contribution is 5.89. The summed E-state index contributed by atoms with van der Waals surface area (Å²) in [6.45, 7) is 13.5. The number of carbonyl (C=O) groups excluding carboxylic acids is 1. The Balaban J connectivity index is 4.89. The number of carbonyl (C=O) groups is 1. The largest absolute Gasteiger partial charge is 0.391 e. The van der Waals surface area contributed by atoms with Crippen molar-refractivity contribution in [3.63, 3.8) is 0 Å². The third kappa shape index (κ3) is 5.08. The van der Waals surface area contributed by atoms with E-state index in [0.29, 0.717) is 6.42 Å². The summed E-state index contributed by atoms with van der Waals surface area (Å²) in [5.41, 5.74) is -0.610. The molecule has 0 amide bonds. The number of aliphatic hydroxyl groups excluding tert-OH is 1. The van der Waals surface area contributed by atoms with Gasteiger partial charge in [0, 0.05) is 11.0 Å². The molecule has 0 spiro atoms. The SMILES string of the molecule is CCC(O)C(NC(C)(C)C)C(=O)C(C)(C)C. The fraction of sp³-hybridized carbons (Fsp3) is 0.923. The topological polar surface area (TPSA) is 49.3 Å². The van der Waals surface area contributed by atoms with E-state index < -0.39 is 17.6 Å². The van der Waals surface area contributed by atoms with Crippen LogP contribution in [0.3, 0.4) is 0 Å². The molecule has 0 aromatic rings. The number of aliphatic hydroxyl groups is 1. The molecule has 2 unspecified atom stereocenters. The molecule has 2 atom stereocenters. The molecule has 0 radical (unpaired) electrons. The van der Waals surface area contributed by atoms with Crippen molar-refractivity contribution >= 4 is 5.78 Å². The molecule has 3 heteroatoms. The monoisotopic (exact) mass is 229 g/mol. The van der Waals surface area contributed by atoms with E-state index in [1.807, 2.05) is 48.5 Å². The van der Waals surface area contributed by atoms with Crippen LogP contribution >= 0.6 is 0 Å². The van der Waals surface area contributed by atoms with E-state index in [-0.39, 0.29) is 11.3 Å². The average Bonchev–Trinajstić information content (AvgIpc) is 2.09. The maximum atomic E-state index is 12.2. The molecule has 0 saturated heterocycles. The smallest absolute Gasteiger partial charge is 0.157 e. The lowest BCUT2D eigenvalue weighted by molar-refractivity contribution is -0.132. The molecular weight excluding hydrogens is 202 g/mol. The summed E-state index contributed by atoms with van der Waals surface area (Å²) in [5, 5.41) is 13.1. The molecule has 0 rings (SSSR count). The van der Waals surface area contributed by atoms with E-state index in [1.165, 1.54) is 0 Å². The lowest BCUT2D eigenvalue weighted by Gasteiger charge is -2.34. The van der Waals surface area contributed by atoms with Crippen molar-refractivity contribution in [3.8, 4) is 0 Å². The number of nitrogens with one attached hydrogen (secondary N) is 1. The van der Waals surface area contributed by atoms with Crippen LogP contribution in [0.4, 0.5) is 0 Å². The van der Waals surface area contributed by atoms with Gasteiger partial charge >= 0.3 is 0 Å². The Morgan fingerprint density at radius 2 is 1.62 bits per heavy atom. The van der Waals surface area contributed by atoms with Crippen LogP contribution < -0.4 is 5.32 Å². The van der Waals surface area contributed by atoms with Crippen LogP contribution in [0.2, 0.25) is 0 Å². The molecule has 0 aromatic carbocycles. The van der Waals surface area contributed by atoms with Crippen molar-refractivity contribution in [1.29, 1.82) is 0 Å². The lowest BCUT2D eigenvalue weighted by Crippen LogP contribution is -2.56. The van der Waals surface area contributed by atoms with Crippen molar-refractivity contribution in [2.24, 2.45) is 5.41 Å². The Kier molecular flexibility index (Phi) is 5.15. The van der Waals surface area contributed by atoms with Gasteiger partial charge < -0.3 is 10.4 Å². The summed E-state index contributed by atoms with van der Waals surface area (Å²) >= 11 is 0. The van der Waals surface area contributed by atoms with Crippen LogP contribution in [0.1, 0.15) is 54.9 Å². The van der Waals surface area contributed by atoms with E-state index in [2.05, 4.69) is 5.32 Å². The van der Waals surface area contributed by atoms with Gasteiger partial charge in [-0.05, 0) is 27.2 Å². The second-order valence-corrected chi connectivity index (χ2v) is 6.46. The molecule has 3 nitrogen and oxygen atoms in total. The van der Waals surface area contributed by atoms with Crippen LogP contribution in [0.5, 0.6) is 0 Å². The second kappa shape index (κ2) is 5.28. The Bertz CT molecular complexity index is 235. The number of Topliss-reactive ketones (excluding diaryl/α,β-unsaturated/α-hetero) is 1. The van der Waals surface area contributed by atoms with E-state index in [1.54, 1.807) is 0 Å². The molecule has 0 fully saturated rings. The van der Waals surface area contributed by atoms with Gasteiger partial charge in [-0.1, -0.05) is 27.7 Å². The van der Waals surface area contributed by atoms with Gasteiger partial charge in [0.2, 0.25) is 0 Å². The quantitative estimate of drug-likeness (QED) is 0.776. The Morgan fingerprint density at radius 1 is 1.19 bits per heavy atom. The number of hydrogen-bond donors (Lipinski definition) is 2. The zero-order chi connectivity index (χ0) is 13.1. The molecule has 0 heterocycles. The minimum Gasteiger partial charge on any atom is -0.391 e. The van der Waals surface area contributed by atoms with Gasteiger partial charge in [0.15, 0.2) is 5.78 Å². The Morgan fingerprint density at radius 3 is 1.88 bits per heavy atom. The van der Waals surface area contributed by atoms with Crippen LogP contribution in [-0.2, 0) is 4.79 Å². The zero-order valence-corrected chi connectivity index (χ0v) is 11.7. The molecule has 0 saturated carbocycles. The van der Waals surface area contributed by atoms with Crippen molar-refractivity contribution < 1.29 is 9.90 Å². The summed E-state index contributed by atoms with van der Waals surface area (Å²) in [6.07, 6.45) is -0.0406. The van der Waals surface area contributed by atoms with Gasteiger partial charge in [-0.3, -0.25) is 4.79 Å². The third-order valence-electron chi connectivity index (χ3n) is 2.41. The summed E-state index contributed by atoms with van der Waals surface area (Å²) < 4.78 is 0. The van der Waals surface area contributed by atoms with Crippen molar-refractivity contribution in [3.05, 3.63) is 0 Å². The van der Waals surface area contributed by atoms with Crippen LogP contribution in [0, 0.1) is 5.41 Å². The van der Waals surface area contributed by atoms with Gasteiger partial charge in [-0.15, -0.1) is 0 Å². The van der Waals surface area contributed by atoms with Crippen LogP contribution in [-0.4, -0.2) is 28.6 Å². The Labute approximate surface area is 99.6 Å². The first-order valence-electron chi connectivity index (χ1n) is 5.99. The van der Waals surface area contributed by atoms with Crippen molar-refractivity contribution in [2.45, 2.75) is 72.6 Å². The van der Waals surface area contributed by atoms with Gasteiger partial charge in [-0.25, -0.2) is 0 Å². The molecule has 2 N–H and O–H groups in total. The fourth-order valence-electron chi connectivity index (χ4n) is 1.51. The summed E-state index contributed by atoms with van der Waals surface area (Å²) in [6, 6.07) is -0.481. The second-order valence-electron chi connectivity index (χ2n) is 6.46. The first-order valence-corrected chi connectivity index (χ1v) is 5.99. The van der Waals surface area contributed by atoms with Crippen molar-refractivity contribution in [2.75, 3.05) is 0 Å². The molecule has 96 valence electrons. The average molecular weight is 229 g/mol. The lowest BCUT2D eigenvalue weighted by atomic mass is 9.83. The molecule has 16 heavy (non-hydrogen) atoms. The highest BCUT2D eigenvalue weighted by atomic mass is 16.3. The van der Waals surface area contributed by atoms with Gasteiger partial charge in [-0.2, -0.15) is 0 Å². The maximum Gasteiger partial charge on any atom is 0.157 e.